The van der Waals surface area contributed by atoms with Gasteiger partial charge in [0, 0.05) is 18.4 Å². The number of amides is 1. The van der Waals surface area contributed by atoms with E-state index in [4.69, 9.17) is 16.3 Å². The molecule has 5 rings (SSSR count). The number of halogens is 1. The fourth-order valence-corrected chi connectivity index (χ4v) is 6.06. The molecule has 7 nitrogen and oxygen atoms in total. The van der Waals surface area contributed by atoms with Crippen molar-refractivity contribution in [3.63, 3.8) is 0 Å². The molecule has 5 unspecified atom stereocenters. The number of carbonyl (C=O) groups is 1. The summed E-state index contributed by atoms with van der Waals surface area (Å²) in [5.41, 5.74) is 3.35. The van der Waals surface area contributed by atoms with Gasteiger partial charge >= 0.3 is 0 Å². The highest BCUT2D eigenvalue weighted by Crippen LogP contribution is 2.41. The Labute approximate surface area is 200 Å². The lowest BCUT2D eigenvalue weighted by Crippen LogP contribution is -2.63. The summed E-state index contributed by atoms with van der Waals surface area (Å²) in [5.74, 6) is 1.17. The Morgan fingerprint density at radius 3 is 2.61 bits per heavy atom. The average Bonchev–Trinajstić information content (AvgIpc) is 2.87. The number of anilines is 1. The van der Waals surface area contributed by atoms with Crippen LogP contribution in [0.15, 0.2) is 42.7 Å². The number of rotatable bonds is 5. The molecule has 0 bridgehead atoms. The van der Waals surface area contributed by atoms with Gasteiger partial charge in [-0.15, -0.1) is 11.6 Å². The summed E-state index contributed by atoms with van der Waals surface area (Å²) in [5, 5.41) is 13.4. The highest BCUT2D eigenvalue weighted by molar-refractivity contribution is 6.21. The van der Waals surface area contributed by atoms with E-state index in [0.29, 0.717) is 18.2 Å². The lowest BCUT2D eigenvalue weighted by molar-refractivity contribution is -0.131. The van der Waals surface area contributed by atoms with Crippen LogP contribution in [-0.2, 0) is 4.79 Å². The van der Waals surface area contributed by atoms with E-state index in [1.165, 1.54) is 18.4 Å². The second kappa shape index (κ2) is 9.87. The van der Waals surface area contributed by atoms with Crippen LogP contribution < -0.4 is 26.0 Å². The van der Waals surface area contributed by atoms with E-state index in [1.807, 2.05) is 12.3 Å². The molecule has 1 aromatic carbocycles. The number of fused-ring (bicyclic) bond motifs is 1. The van der Waals surface area contributed by atoms with E-state index < -0.39 is 0 Å². The number of methoxy groups -OCH3 is 1. The summed E-state index contributed by atoms with van der Waals surface area (Å²) in [6.45, 7) is 2.81. The number of pyridine rings is 1. The number of nitrogens with one attached hydrogen (secondary N) is 4. The maximum Gasteiger partial charge on any atom is 0.226 e. The molecule has 0 spiro atoms. The number of nitrogens with zero attached hydrogens (tertiary/aromatic N) is 1. The second-order valence-electron chi connectivity index (χ2n) is 9.28. The van der Waals surface area contributed by atoms with Crippen LogP contribution in [0, 0.1) is 11.8 Å². The molecule has 0 radical (unpaired) electrons. The molecule has 1 amide bonds. The van der Waals surface area contributed by atoms with Crippen molar-refractivity contribution in [2.75, 3.05) is 32.1 Å². The standard InChI is InChI=1S/C25H32ClN5O2/c1-33-19-12-17(13-28-14-19)23-22(26)20-8-11-29-25(32)21(20)24(31-23)30-18-4-2-15(3-5-18)16-6-9-27-10-7-16/h2-5,12-14,16,20-24,27,30-31H,6-11H2,1H3,(H,29,32). The van der Waals surface area contributed by atoms with Crippen molar-refractivity contribution in [1.29, 1.82) is 0 Å². The Morgan fingerprint density at radius 1 is 1.06 bits per heavy atom. The molecule has 8 heteroatoms. The first-order valence-corrected chi connectivity index (χ1v) is 12.3. The molecule has 0 saturated carbocycles. The summed E-state index contributed by atoms with van der Waals surface area (Å²) >= 11 is 6.98. The first kappa shape index (κ1) is 22.4. The van der Waals surface area contributed by atoms with Crippen LogP contribution in [0.3, 0.4) is 0 Å². The molecule has 3 aliphatic rings. The minimum Gasteiger partial charge on any atom is -0.495 e. The number of aromatic nitrogens is 1. The highest BCUT2D eigenvalue weighted by Gasteiger charge is 2.49. The van der Waals surface area contributed by atoms with E-state index in [0.717, 1.165) is 30.8 Å². The largest absolute Gasteiger partial charge is 0.495 e. The van der Waals surface area contributed by atoms with Crippen molar-refractivity contribution in [1.82, 2.24) is 20.9 Å². The number of benzene rings is 1. The van der Waals surface area contributed by atoms with Crippen LogP contribution in [0.2, 0.25) is 0 Å². The molecule has 0 aliphatic carbocycles. The van der Waals surface area contributed by atoms with Gasteiger partial charge in [0.05, 0.1) is 36.8 Å². The number of ether oxygens (including phenoxy) is 1. The normalized spacial score (nSPS) is 30.2. The Bertz CT molecular complexity index is 966. The third kappa shape index (κ3) is 4.67. The van der Waals surface area contributed by atoms with E-state index in [2.05, 4.69) is 50.5 Å². The molecule has 3 fully saturated rings. The summed E-state index contributed by atoms with van der Waals surface area (Å²) < 4.78 is 5.37. The fraction of sp³-hybridized carbons (Fsp3) is 0.520. The predicted octanol–water partition coefficient (Wildman–Crippen LogP) is 3.00. The summed E-state index contributed by atoms with van der Waals surface area (Å²) in [6, 6.07) is 10.5. The zero-order valence-corrected chi connectivity index (χ0v) is 19.6. The lowest BCUT2D eigenvalue weighted by Gasteiger charge is -2.47. The van der Waals surface area contributed by atoms with E-state index in [9.17, 15) is 4.79 Å². The highest BCUT2D eigenvalue weighted by atomic mass is 35.5. The quantitative estimate of drug-likeness (QED) is 0.503. The van der Waals surface area contributed by atoms with Crippen molar-refractivity contribution < 1.29 is 9.53 Å². The molecule has 1 aromatic heterocycles. The van der Waals surface area contributed by atoms with E-state index in [-0.39, 0.29) is 35.3 Å². The molecule has 4 heterocycles. The van der Waals surface area contributed by atoms with Crippen LogP contribution in [0.1, 0.15) is 42.3 Å². The Kier molecular flexibility index (Phi) is 6.71. The SMILES string of the molecule is COc1cncc(C2NC(Nc3ccc(C4CCNCC4)cc3)C3C(=O)NCCC3C2Cl)c1. The summed E-state index contributed by atoms with van der Waals surface area (Å²) in [7, 11) is 1.63. The van der Waals surface area contributed by atoms with Crippen molar-refractivity contribution >= 4 is 23.2 Å². The van der Waals surface area contributed by atoms with Gasteiger partial charge in [-0.1, -0.05) is 12.1 Å². The first-order valence-electron chi connectivity index (χ1n) is 11.9. The van der Waals surface area contributed by atoms with Gasteiger partial charge in [-0.05, 0) is 73.5 Å². The molecular formula is C25H32ClN5O2. The van der Waals surface area contributed by atoms with Gasteiger partial charge in [0.15, 0.2) is 0 Å². The van der Waals surface area contributed by atoms with Crippen molar-refractivity contribution in [3.8, 4) is 5.75 Å². The van der Waals surface area contributed by atoms with Gasteiger partial charge in [-0.25, -0.2) is 0 Å². The van der Waals surface area contributed by atoms with Gasteiger partial charge in [-0.2, -0.15) is 0 Å². The number of hydrogen-bond donors (Lipinski definition) is 4. The average molecular weight is 470 g/mol. The third-order valence-electron chi connectivity index (χ3n) is 7.36. The number of hydrogen-bond acceptors (Lipinski definition) is 6. The topological polar surface area (TPSA) is 87.3 Å². The predicted molar refractivity (Wildman–Crippen MR) is 130 cm³/mol. The van der Waals surface area contributed by atoms with Crippen molar-refractivity contribution in [3.05, 3.63) is 53.9 Å². The second-order valence-corrected chi connectivity index (χ2v) is 9.79. The third-order valence-corrected chi connectivity index (χ3v) is 7.93. The Morgan fingerprint density at radius 2 is 1.85 bits per heavy atom. The zero-order chi connectivity index (χ0) is 22.8. The Balaban J connectivity index is 1.38. The minimum absolute atomic E-state index is 0.0513. The van der Waals surface area contributed by atoms with Crippen LogP contribution in [0.4, 0.5) is 5.69 Å². The molecule has 5 atom stereocenters. The molecule has 33 heavy (non-hydrogen) atoms. The van der Waals surface area contributed by atoms with Gasteiger partial charge in [-0.3, -0.25) is 15.1 Å². The van der Waals surface area contributed by atoms with Crippen LogP contribution in [0.25, 0.3) is 0 Å². The lowest BCUT2D eigenvalue weighted by atomic mass is 9.74. The first-order chi connectivity index (χ1) is 16.1. The smallest absolute Gasteiger partial charge is 0.226 e. The molecule has 2 aromatic rings. The van der Waals surface area contributed by atoms with Crippen LogP contribution in [0.5, 0.6) is 5.75 Å². The summed E-state index contributed by atoms with van der Waals surface area (Å²) in [6.07, 6.45) is 6.47. The van der Waals surface area contributed by atoms with E-state index in [1.54, 1.807) is 13.3 Å². The van der Waals surface area contributed by atoms with Crippen LogP contribution >= 0.6 is 11.6 Å². The van der Waals surface area contributed by atoms with Crippen molar-refractivity contribution in [2.45, 2.75) is 42.8 Å². The minimum atomic E-state index is -0.250. The fourth-order valence-electron chi connectivity index (χ4n) is 5.56. The molecular weight excluding hydrogens is 438 g/mol. The zero-order valence-electron chi connectivity index (χ0n) is 18.9. The summed E-state index contributed by atoms with van der Waals surface area (Å²) in [4.78, 5) is 17.2. The maximum atomic E-state index is 12.9. The monoisotopic (exact) mass is 469 g/mol. The van der Waals surface area contributed by atoms with Crippen LogP contribution in [-0.4, -0.2) is 49.2 Å². The molecule has 3 aliphatic heterocycles. The molecule has 3 saturated heterocycles. The molecule has 4 N–H and O–H groups in total. The number of carbonyl (C=O) groups excluding carboxylic acids is 1. The number of alkyl halides is 1. The number of piperidine rings is 3. The van der Waals surface area contributed by atoms with Gasteiger partial charge in [0.2, 0.25) is 5.91 Å². The van der Waals surface area contributed by atoms with Gasteiger partial charge in [0.25, 0.3) is 0 Å². The molecule has 176 valence electrons. The van der Waals surface area contributed by atoms with Gasteiger partial charge in [0.1, 0.15) is 5.75 Å². The van der Waals surface area contributed by atoms with E-state index >= 15 is 0 Å². The Hall–Kier alpha value is -2.35. The van der Waals surface area contributed by atoms with Gasteiger partial charge < -0.3 is 20.7 Å². The van der Waals surface area contributed by atoms with Crippen molar-refractivity contribution in [2.24, 2.45) is 11.8 Å². The maximum absolute atomic E-state index is 12.9.